The van der Waals surface area contributed by atoms with Crippen LogP contribution in [-0.4, -0.2) is 49.4 Å². The summed E-state index contributed by atoms with van der Waals surface area (Å²) in [4.78, 5) is 49.1. The predicted octanol–water partition coefficient (Wildman–Crippen LogP) is 0.669. The summed E-state index contributed by atoms with van der Waals surface area (Å²) >= 11 is 0. The smallest absolute Gasteiger partial charge is 0.328 e. The minimum Gasteiger partial charge on any atom is -0.469 e. The van der Waals surface area contributed by atoms with Crippen LogP contribution in [0.2, 0.25) is 0 Å². The Hall–Kier alpha value is -2.64. The summed E-state index contributed by atoms with van der Waals surface area (Å²) in [5.41, 5.74) is 1.60. The van der Waals surface area contributed by atoms with Gasteiger partial charge in [-0.2, -0.15) is 0 Å². The maximum atomic E-state index is 12.4. The van der Waals surface area contributed by atoms with Crippen molar-refractivity contribution in [2.24, 2.45) is 0 Å². The van der Waals surface area contributed by atoms with E-state index in [0.717, 1.165) is 0 Å². The topological polar surface area (TPSA) is 115 Å². The molecule has 0 unspecified atom stereocenters. The molecule has 1 heterocycles. The van der Waals surface area contributed by atoms with Gasteiger partial charge in [-0.25, -0.2) is 4.79 Å². The lowest BCUT2D eigenvalue weighted by Gasteiger charge is -2.16. The molecule has 1 amide bonds. The van der Waals surface area contributed by atoms with Crippen molar-refractivity contribution in [2.45, 2.75) is 32.7 Å². The molecule has 23 heavy (non-hydrogen) atoms. The Labute approximate surface area is 133 Å². The fourth-order valence-electron chi connectivity index (χ4n) is 2.22. The molecule has 0 saturated heterocycles. The number of methoxy groups -OCH3 is 2. The first kappa shape index (κ1) is 18.4. The molecule has 2 N–H and O–H groups in total. The van der Waals surface area contributed by atoms with Gasteiger partial charge in [0.25, 0.3) is 5.91 Å². The van der Waals surface area contributed by atoms with Gasteiger partial charge in [0, 0.05) is 12.1 Å². The lowest BCUT2D eigenvalue weighted by atomic mass is 10.1. The van der Waals surface area contributed by atoms with Crippen LogP contribution in [-0.2, 0) is 19.1 Å². The Kier molecular flexibility index (Phi) is 6.49. The number of aryl methyl sites for hydroxylation is 1. The summed E-state index contributed by atoms with van der Waals surface area (Å²) in [5, 5.41) is 2.53. The van der Waals surface area contributed by atoms with Crippen LogP contribution in [0.1, 0.15) is 44.9 Å². The molecule has 1 aromatic rings. The molecule has 0 aliphatic rings. The van der Waals surface area contributed by atoms with E-state index in [2.05, 4.69) is 19.8 Å². The molecule has 0 spiro atoms. The summed E-state index contributed by atoms with van der Waals surface area (Å²) in [6.07, 6.45) is 0.629. The highest BCUT2D eigenvalue weighted by atomic mass is 16.5. The lowest BCUT2D eigenvalue weighted by Crippen LogP contribution is -2.42. The number of carbonyl (C=O) groups is 4. The van der Waals surface area contributed by atoms with Gasteiger partial charge in [0.05, 0.1) is 25.5 Å². The number of esters is 2. The van der Waals surface area contributed by atoms with E-state index in [1.807, 2.05) is 0 Å². The van der Waals surface area contributed by atoms with Gasteiger partial charge >= 0.3 is 11.9 Å². The molecule has 0 aromatic carbocycles. The lowest BCUT2D eigenvalue weighted by molar-refractivity contribution is -0.144. The van der Waals surface area contributed by atoms with Crippen LogP contribution < -0.4 is 5.32 Å². The quantitative estimate of drug-likeness (QED) is 0.563. The third-order valence-electron chi connectivity index (χ3n) is 3.48. The third-order valence-corrected chi connectivity index (χ3v) is 3.48. The molecule has 0 fully saturated rings. The van der Waals surface area contributed by atoms with Crippen LogP contribution in [0.4, 0.5) is 0 Å². The van der Waals surface area contributed by atoms with Crippen LogP contribution >= 0.6 is 0 Å². The number of hydrogen-bond donors (Lipinski definition) is 2. The standard InChI is InChI=1S/C15H20N2O6/c1-8-11(7-18)16-9(2)13(8)14(20)17-10(15(21)23-4)5-6-12(19)22-3/h7,10,16H,5-6H2,1-4H3,(H,17,20)/t10-/m0/s1. The molecule has 1 aromatic heterocycles. The second kappa shape index (κ2) is 8.11. The highest BCUT2D eigenvalue weighted by molar-refractivity contribution is 6.00. The highest BCUT2D eigenvalue weighted by Crippen LogP contribution is 2.17. The van der Waals surface area contributed by atoms with Crippen LogP contribution in [0.15, 0.2) is 0 Å². The Morgan fingerprint density at radius 1 is 1.22 bits per heavy atom. The van der Waals surface area contributed by atoms with Crippen LogP contribution in [0.5, 0.6) is 0 Å². The van der Waals surface area contributed by atoms with Crippen molar-refractivity contribution < 1.29 is 28.7 Å². The first-order chi connectivity index (χ1) is 10.8. The monoisotopic (exact) mass is 324 g/mol. The number of aromatic nitrogens is 1. The summed E-state index contributed by atoms with van der Waals surface area (Å²) in [7, 11) is 2.43. The number of nitrogens with one attached hydrogen (secondary N) is 2. The van der Waals surface area contributed by atoms with Crippen molar-refractivity contribution in [3.63, 3.8) is 0 Å². The van der Waals surface area contributed by atoms with Gasteiger partial charge in [-0.3, -0.25) is 14.4 Å². The SMILES string of the molecule is COC(=O)CC[C@H](NC(=O)c1c(C)[nH]c(C=O)c1C)C(=O)OC. The first-order valence-corrected chi connectivity index (χ1v) is 6.95. The van der Waals surface area contributed by atoms with Crippen molar-refractivity contribution in [1.29, 1.82) is 0 Å². The maximum Gasteiger partial charge on any atom is 0.328 e. The van der Waals surface area contributed by atoms with E-state index in [9.17, 15) is 19.2 Å². The zero-order valence-corrected chi connectivity index (χ0v) is 13.5. The second-order valence-electron chi connectivity index (χ2n) is 4.95. The summed E-state index contributed by atoms with van der Waals surface area (Å²) < 4.78 is 9.14. The van der Waals surface area contributed by atoms with Gasteiger partial charge in [-0.15, -0.1) is 0 Å². The normalized spacial score (nSPS) is 11.5. The van der Waals surface area contributed by atoms with Crippen LogP contribution in [0.3, 0.4) is 0 Å². The van der Waals surface area contributed by atoms with Crippen LogP contribution in [0, 0.1) is 13.8 Å². The molecule has 0 aliphatic heterocycles. The molecule has 0 saturated carbocycles. The molecule has 0 radical (unpaired) electrons. The second-order valence-corrected chi connectivity index (χ2v) is 4.95. The number of aldehydes is 1. The minimum atomic E-state index is -0.986. The number of amides is 1. The Bertz CT molecular complexity index is 620. The van der Waals surface area contributed by atoms with Crippen molar-refractivity contribution in [1.82, 2.24) is 10.3 Å². The average molecular weight is 324 g/mol. The van der Waals surface area contributed by atoms with Gasteiger partial charge < -0.3 is 19.8 Å². The average Bonchev–Trinajstić information content (AvgIpc) is 2.83. The molecule has 1 atom stereocenters. The zero-order chi connectivity index (χ0) is 17.6. The molecule has 0 bridgehead atoms. The first-order valence-electron chi connectivity index (χ1n) is 6.95. The fourth-order valence-corrected chi connectivity index (χ4v) is 2.22. The van der Waals surface area contributed by atoms with Crippen molar-refractivity contribution in [3.05, 3.63) is 22.5 Å². The third kappa shape index (κ3) is 4.41. The van der Waals surface area contributed by atoms with E-state index in [1.165, 1.54) is 14.2 Å². The fraction of sp³-hybridized carbons (Fsp3) is 0.467. The Balaban J connectivity index is 2.92. The number of rotatable bonds is 7. The van der Waals surface area contributed by atoms with E-state index in [4.69, 9.17) is 0 Å². The number of hydrogen-bond acceptors (Lipinski definition) is 6. The van der Waals surface area contributed by atoms with Crippen molar-refractivity contribution in [3.8, 4) is 0 Å². The van der Waals surface area contributed by atoms with E-state index >= 15 is 0 Å². The van der Waals surface area contributed by atoms with Crippen molar-refractivity contribution >= 4 is 24.1 Å². The highest BCUT2D eigenvalue weighted by Gasteiger charge is 2.26. The predicted molar refractivity (Wildman–Crippen MR) is 80.2 cm³/mol. The van der Waals surface area contributed by atoms with Gasteiger partial charge in [0.2, 0.25) is 0 Å². The number of ether oxygens (including phenoxy) is 2. The summed E-state index contributed by atoms with van der Waals surface area (Å²) in [6, 6.07) is -0.986. The number of carbonyl (C=O) groups excluding carboxylic acids is 4. The summed E-state index contributed by atoms with van der Waals surface area (Å²) in [5.74, 6) is -1.68. The van der Waals surface area contributed by atoms with Gasteiger partial charge in [0.1, 0.15) is 6.04 Å². The molecule has 8 nitrogen and oxygen atoms in total. The minimum absolute atomic E-state index is 0.0404. The largest absolute Gasteiger partial charge is 0.469 e. The van der Waals surface area contributed by atoms with E-state index in [1.54, 1.807) is 13.8 Å². The summed E-state index contributed by atoms with van der Waals surface area (Å²) in [6.45, 7) is 3.28. The number of H-pyrrole nitrogens is 1. The van der Waals surface area contributed by atoms with Crippen LogP contribution in [0.25, 0.3) is 0 Å². The molecule has 1 rings (SSSR count). The molecule has 0 aliphatic carbocycles. The van der Waals surface area contributed by atoms with Gasteiger partial charge in [0.15, 0.2) is 6.29 Å². The molecular weight excluding hydrogens is 304 g/mol. The Morgan fingerprint density at radius 2 is 1.87 bits per heavy atom. The van der Waals surface area contributed by atoms with Gasteiger partial charge in [-0.05, 0) is 25.8 Å². The van der Waals surface area contributed by atoms with Crippen molar-refractivity contribution in [2.75, 3.05) is 14.2 Å². The molecule has 126 valence electrons. The molecule has 8 heteroatoms. The van der Waals surface area contributed by atoms with E-state index in [0.29, 0.717) is 28.8 Å². The van der Waals surface area contributed by atoms with Gasteiger partial charge in [-0.1, -0.05) is 0 Å². The molecular formula is C15H20N2O6. The number of aromatic amines is 1. The Morgan fingerprint density at radius 3 is 2.35 bits per heavy atom. The van der Waals surface area contributed by atoms with E-state index in [-0.39, 0.29) is 12.8 Å². The van der Waals surface area contributed by atoms with E-state index < -0.39 is 23.9 Å². The zero-order valence-electron chi connectivity index (χ0n) is 13.5. The maximum absolute atomic E-state index is 12.4.